The molecular formula is C24H28N4O3S. The van der Waals surface area contributed by atoms with Crippen LogP contribution in [-0.4, -0.2) is 39.4 Å². The standard InChI is InChI=1S/C24H28N4O3S/c1-14-6-5-7-27(11-14)19(29)12-28-13-25-23-20(24(28)31)17(4)21(32-23)22(30)26-18-9-15(2)8-16(3)10-18/h8-10,13-14H,5-7,11-12H2,1-4H3,(H,26,30). The van der Waals surface area contributed by atoms with Crippen molar-refractivity contribution in [1.82, 2.24) is 14.5 Å². The largest absolute Gasteiger partial charge is 0.341 e. The van der Waals surface area contributed by atoms with Crippen molar-refractivity contribution in [1.29, 1.82) is 0 Å². The number of aryl methyl sites for hydroxylation is 3. The Morgan fingerprint density at radius 1 is 1.19 bits per heavy atom. The van der Waals surface area contributed by atoms with Gasteiger partial charge >= 0.3 is 0 Å². The normalized spacial score (nSPS) is 16.4. The van der Waals surface area contributed by atoms with E-state index in [2.05, 4.69) is 17.2 Å². The van der Waals surface area contributed by atoms with Gasteiger partial charge in [-0.05, 0) is 68.4 Å². The van der Waals surface area contributed by atoms with Crippen LogP contribution in [0.5, 0.6) is 0 Å². The maximum absolute atomic E-state index is 13.1. The van der Waals surface area contributed by atoms with E-state index in [1.54, 1.807) is 6.92 Å². The van der Waals surface area contributed by atoms with Crippen molar-refractivity contribution in [2.75, 3.05) is 18.4 Å². The number of hydrogen-bond donors (Lipinski definition) is 1. The molecule has 0 aliphatic carbocycles. The summed E-state index contributed by atoms with van der Waals surface area (Å²) in [6.45, 7) is 9.28. The van der Waals surface area contributed by atoms with Gasteiger partial charge < -0.3 is 10.2 Å². The molecule has 2 amide bonds. The molecule has 1 unspecified atom stereocenters. The molecule has 1 fully saturated rings. The van der Waals surface area contributed by atoms with Crippen LogP contribution in [0.4, 0.5) is 5.69 Å². The second-order valence-electron chi connectivity index (χ2n) is 8.83. The number of rotatable bonds is 4. The highest BCUT2D eigenvalue weighted by atomic mass is 32.1. The van der Waals surface area contributed by atoms with Crippen molar-refractivity contribution in [2.45, 2.75) is 47.1 Å². The Morgan fingerprint density at radius 2 is 1.91 bits per heavy atom. The van der Waals surface area contributed by atoms with E-state index in [0.717, 1.165) is 42.7 Å². The van der Waals surface area contributed by atoms with Gasteiger partial charge in [-0.25, -0.2) is 4.98 Å². The van der Waals surface area contributed by atoms with E-state index in [1.807, 2.05) is 36.9 Å². The molecule has 3 aromatic rings. The molecule has 0 bridgehead atoms. The molecule has 1 aromatic carbocycles. The maximum Gasteiger partial charge on any atom is 0.266 e. The first kappa shape index (κ1) is 22.2. The van der Waals surface area contributed by atoms with Crippen LogP contribution in [0.3, 0.4) is 0 Å². The Bertz CT molecular complexity index is 1240. The second-order valence-corrected chi connectivity index (χ2v) is 9.83. The molecule has 1 aliphatic heterocycles. The van der Waals surface area contributed by atoms with Gasteiger partial charge in [0.2, 0.25) is 5.91 Å². The van der Waals surface area contributed by atoms with Crippen molar-refractivity contribution < 1.29 is 9.59 Å². The van der Waals surface area contributed by atoms with E-state index in [1.165, 1.54) is 22.2 Å². The van der Waals surface area contributed by atoms with Crippen molar-refractivity contribution in [3.8, 4) is 0 Å². The van der Waals surface area contributed by atoms with Gasteiger partial charge in [0.15, 0.2) is 0 Å². The number of carbonyl (C=O) groups excluding carboxylic acids is 2. The van der Waals surface area contributed by atoms with Gasteiger partial charge in [-0.3, -0.25) is 19.0 Å². The van der Waals surface area contributed by atoms with Crippen LogP contribution in [0.1, 0.15) is 46.1 Å². The number of likely N-dealkylation sites (tertiary alicyclic amines) is 1. The van der Waals surface area contributed by atoms with Gasteiger partial charge in [0.1, 0.15) is 11.4 Å². The maximum atomic E-state index is 13.1. The van der Waals surface area contributed by atoms with Crippen molar-refractivity contribution >= 4 is 39.1 Å². The summed E-state index contributed by atoms with van der Waals surface area (Å²) >= 11 is 1.20. The van der Waals surface area contributed by atoms with Crippen LogP contribution in [-0.2, 0) is 11.3 Å². The number of amides is 2. The Labute approximate surface area is 191 Å². The summed E-state index contributed by atoms with van der Waals surface area (Å²) in [5, 5.41) is 3.33. The summed E-state index contributed by atoms with van der Waals surface area (Å²) in [6.07, 6.45) is 3.53. The van der Waals surface area contributed by atoms with Crippen LogP contribution < -0.4 is 10.9 Å². The van der Waals surface area contributed by atoms with Gasteiger partial charge in [-0.2, -0.15) is 0 Å². The van der Waals surface area contributed by atoms with Gasteiger partial charge in [-0.15, -0.1) is 11.3 Å². The smallest absolute Gasteiger partial charge is 0.266 e. The molecule has 32 heavy (non-hydrogen) atoms. The zero-order valence-electron chi connectivity index (χ0n) is 18.9. The van der Waals surface area contributed by atoms with Crippen LogP contribution in [0.2, 0.25) is 0 Å². The molecule has 1 aliphatic rings. The van der Waals surface area contributed by atoms with E-state index in [0.29, 0.717) is 26.6 Å². The zero-order chi connectivity index (χ0) is 23.0. The van der Waals surface area contributed by atoms with Gasteiger partial charge in [-0.1, -0.05) is 13.0 Å². The summed E-state index contributed by atoms with van der Waals surface area (Å²) in [5.41, 5.74) is 3.15. The first-order valence-corrected chi connectivity index (χ1v) is 11.7. The highest BCUT2D eigenvalue weighted by molar-refractivity contribution is 7.20. The SMILES string of the molecule is Cc1cc(C)cc(NC(=O)c2sc3ncn(CC(=O)N4CCCC(C)C4)c(=O)c3c2C)c1. The Hall–Kier alpha value is -3.00. The fraction of sp³-hybridized carbons (Fsp3) is 0.417. The molecule has 7 nitrogen and oxygen atoms in total. The van der Waals surface area contributed by atoms with E-state index in [9.17, 15) is 14.4 Å². The summed E-state index contributed by atoms with van der Waals surface area (Å²) < 4.78 is 1.36. The van der Waals surface area contributed by atoms with Crippen molar-refractivity contribution in [2.24, 2.45) is 5.92 Å². The van der Waals surface area contributed by atoms with E-state index in [4.69, 9.17) is 0 Å². The third-order valence-electron chi connectivity index (χ3n) is 5.92. The Morgan fingerprint density at radius 3 is 2.59 bits per heavy atom. The molecule has 2 aromatic heterocycles. The summed E-state index contributed by atoms with van der Waals surface area (Å²) in [4.78, 5) is 46.0. The fourth-order valence-electron chi connectivity index (χ4n) is 4.38. The van der Waals surface area contributed by atoms with Crippen LogP contribution in [0.25, 0.3) is 10.2 Å². The minimum Gasteiger partial charge on any atom is -0.341 e. The minimum atomic E-state index is -0.285. The minimum absolute atomic E-state index is 0.0339. The lowest BCUT2D eigenvalue weighted by Gasteiger charge is -2.31. The molecule has 3 heterocycles. The van der Waals surface area contributed by atoms with Crippen molar-refractivity contribution in [3.63, 3.8) is 0 Å². The molecule has 1 N–H and O–H groups in total. The number of aromatic nitrogens is 2. The highest BCUT2D eigenvalue weighted by Crippen LogP contribution is 2.28. The monoisotopic (exact) mass is 452 g/mol. The number of carbonyl (C=O) groups is 2. The molecule has 0 radical (unpaired) electrons. The molecule has 0 saturated carbocycles. The zero-order valence-corrected chi connectivity index (χ0v) is 19.7. The second kappa shape index (κ2) is 8.86. The number of thiophene rings is 1. The van der Waals surface area contributed by atoms with Gasteiger partial charge in [0, 0.05) is 18.8 Å². The first-order valence-electron chi connectivity index (χ1n) is 10.9. The summed E-state index contributed by atoms with van der Waals surface area (Å²) in [6, 6.07) is 5.86. The molecular weight excluding hydrogens is 424 g/mol. The average molecular weight is 453 g/mol. The van der Waals surface area contributed by atoms with Crippen LogP contribution >= 0.6 is 11.3 Å². The third kappa shape index (κ3) is 4.46. The number of nitrogens with one attached hydrogen (secondary N) is 1. The average Bonchev–Trinajstić information content (AvgIpc) is 3.06. The lowest BCUT2D eigenvalue weighted by molar-refractivity contribution is -0.133. The summed E-state index contributed by atoms with van der Waals surface area (Å²) in [7, 11) is 0. The lowest BCUT2D eigenvalue weighted by Crippen LogP contribution is -2.42. The number of fused-ring (bicyclic) bond motifs is 1. The fourth-order valence-corrected chi connectivity index (χ4v) is 5.42. The van der Waals surface area contributed by atoms with Gasteiger partial charge in [0.25, 0.3) is 11.5 Å². The molecule has 1 saturated heterocycles. The van der Waals surface area contributed by atoms with Crippen LogP contribution in [0.15, 0.2) is 29.3 Å². The molecule has 0 spiro atoms. The first-order chi connectivity index (χ1) is 15.2. The quantitative estimate of drug-likeness (QED) is 0.651. The lowest BCUT2D eigenvalue weighted by atomic mass is 10.0. The molecule has 8 heteroatoms. The van der Waals surface area contributed by atoms with E-state index in [-0.39, 0.29) is 23.9 Å². The predicted molar refractivity (Wildman–Crippen MR) is 127 cm³/mol. The van der Waals surface area contributed by atoms with E-state index >= 15 is 0 Å². The molecule has 168 valence electrons. The number of anilines is 1. The highest BCUT2D eigenvalue weighted by Gasteiger charge is 2.23. The van der Waals surface area contributed by atoms with Crippen molar-refractivity contribution in [3.05, 3.63) is 56.4 Å². The van der Waals surface area contributed by atoms with Crippen LogP contribution in [0, 0.1) is 26.7 Å². The summed E-state index contributed by atoms with van der Waals surface area (Å²) in [5.74, 6) is 0.141. The molecule has 4 rings (SSSR count). The number of hydrogen-bond acceptors (Lipinski definition) is 5. The third-order valence-corrected chi connectivity index (χ3v) is 7.12. The number of piperidine rings is 1. The van der Waals surface area contributed by atoms with Gasteiger partial charge in [0.05, 0.1) is 16.6 Å². The number of nitrogens with zero attached hydrogens (tertiary/aromatic N) is 3. The molecule has 1 atom stereocenters. The Kier molecular flexibility index (Phi) is 6.15. The predicted octanol–water partition coefficient (Wildman–Crippen LogP) is 3.89. The Balaban J connectivity index is 1.60. The topological polar surface area (TPSA) is 84.3 Å². The number of benzene rings is 1. The van der Waals surface area contributed by atoms with E-state index < -0.39 is 0 Å².